The number of hydrogen-bond donors (Lipinski definition) is 0. The van der Waals surface area contributed by atoms with Crippen molar-refractivity contribution in [2.24, 2.45) is 0 Å². The third kappa shape index (κ3) is 4.06. The quantitative estimate of drug-likeness (QED) is 0.305. The van der Waals surface area contributed by atoms with Crippen LogP contribution in [0.4, 0.5) is 13.2 Å². The Balaban J connectivity index is 1.60. The van der Waals surface area contributed by atoms with Gasteiger partial charge in [0.1, 0.15) is 5.82 Å². The van der Waals surface area contributed by atoms with Crippen molar-refractivity contribution in [3.05, 3.63) is 119 Å². The minimum absolute atomic E-state index is 0.201. The summed E-state index contributed by atoms with van der Waals surface area (Å²) in [5.41, 5.74) is 3.83. The van der Waals surface area contributed by atoms with Crippen LogP contribution in [-0.2, 0) is 0 Å². The van der Waals surface area contributed by atoms with Gasteiger partial charge in [0.25, 0.3) is 0 Å². The highest BCUT2D eigenvalue weighted by Gasteiger charge is 2.15. The Bertz CT molecular complexity index is 1210. The van der Waals surface area contributed by atoms with Crippen LogP contribution in [0.5, 0.6) is 0 Å². The average Bonchev–Trinajstić information content (AvgIpc) is 2.76. The first-order chi connectivity index (χ1) is 14.5. The van der Waals surface area contributed by atoms with Gasteiger partial charge in [0, 0.05) is 16.7 Å². The fourth-order valence-electron chi connectivity index (χ4n) is 3.34. The van der Waals surface area contributed by atoms with Crippen molar-refractivity contribution in [3.8, 4) is 22.3 Å². The van der Waals surface area contributed by atoms with Crippen molar-refractivity contribution in [2.75, 3.05) is 0 Å². The van der Waals surface area contributed by atoms with Crippen molar-refractivity contribution in [3.63, 3.8) is 0 Å². The molecular formula is C27H19F3. The fraction of sp³-hybridized carbons (Fsp3) is 0.0370. The van der Waals surface area contributed by atoms with Crippen LogP contribution >= 0.6 is 0 Å². The first kappa shape index (κ1) is 19.7. The lowest BCUT2D eigenvalue weighted by molar-refractivity contribution is 0.514. The Kier molecular flexibility index (Phi) is 5.53. The second-order valence-electron chi connectivity index (χ2n) is 7.13. The highest BCUT2D eigenvalue weighted by Crippen LogP contribution is 2.31. The van der Waals surface area contributed by atoms with Crippen molar-refractivity contribution >= 4 is 12.2 Å². The molecule has 0 fully saturated rings. The van der Waals surface area contributed by atoms with E-state index in [4.69, 9.17) is 0 Å². The van der Waals surface area contributed by atoms with E-state index in [0.29, 0.717) is 16.7 Å². The van der Waals surface area contributed by atoms with Crippen molar-refractivity contribution < 1.29 is 13.2 Å². The molecule has 0 amide bonds. The Morgan fingerprint density at radius 3 is 1.80 bits per heavy atom. The van der Waals surface area contributed by atoms with Gasteiger partial charge in [-0.25, -0.2) is 13.2 Å². The number of aryl methyl sites for hydroxylation is 1. The molecule has 0 heterocycles. The third-order valence-corrected chi connectivity index (χ3v) is 5.00. The van der Waals surface area contributed by atoms with Crippen molar-refractivity contribution in [1.29, 1.82) is 0 Å². The van der Waals surface area contributed by atoms with Gasteiger partial charge in [0.05, 0.1) is 0 Å². The summed E-state index contributed by atoms with van der Waals surface area (Å²) in [5.74, 6) is -2.02. The third-order valence-electron chi connectivity index (χ3n) is 5.00. The second-order valence-corrected chi connectivity index (χ2v) is 7.13. The summed E-state index contributed by atoms with van der Waals surface area (Å²) >= 11 is 0. The summed E-state index contributed by atoms with van der Waals surface area (Å²) < 4.78 is 43.4. The van der Waals surface area contributed by atoms with Crippen LogP contribution in [0, 0.1) is 24.4 Å². The molecule has 0 saturated heterocycles. The van der Waals surface area contributed by atoms with E-state index in [1.165, 1.54) is 6.07 Å². The van der Waals surface area contributed by atoms with Gasteiger partial charge >= 0.3 is 0 Å². The van der Waals surface area contributed by atoms with E-state index < -0.39 is 11.6 Å². The Morgan fingerprint density at radius 1 is 0.600 bits per heavy atom. The lowest BCUT2D eigenvalue weighted by Crippen LogP contribution is -1.94. The molecule has 0 atom stereocenters. The molecular weight excluding hydrogens is 381 g/mol. The summed E-state index contributed by atoms with van der Waals surface area (Å²) in [6, 6.07) is 24.2. The Morgan fingerprint density at radius 2 is 1.20 bits per heavy atom. The lowest BCUT2D eigenvalue weighted by atomic mass is 9.98. The molecule has 0 spiro atoms. The predicted octanol–water partition coefficient (Wildman–Crippen LogP) is 7.92. The van der Waals surface area contributed by atoms with Gasteiger partial charge < -0.3 is 0 Å². The normalized spacial score (nSPS) is 11.2. The molecule has 4 rings (SSSR count). The molecule has 0 aliphatic rings. The number of halogens is 3. The predicted molar refractivity (Wildman–Crippen MR) is 117 cm³/mol. The Labute approximate surface area is 174 Å². The zero-order chi connectivity index (χ0) is 21.1. The van der Waals surface area contributed by atoms with E-state index >= 15 is 0 Å². The van der Waals surface area contributed by atoms with Crippen LogP contribution in [-0.4, -0.2) is 0 Å². The van der Waals surface area contributed by atoms with Crippen LogP contribution in [0.2, 0.25) is 0 Å². The maximum Gasteiger partial charge on any atom is 0.167 e. The minimum Gasteiger partial charge on any atom is -0.206 e. The zero-order valence-corrected chi connectivity index (χ0v) is 16.4. The SMILES string of the molecule is Cc1ccc(C=Cc2ccc(-c3ccc(-c4ccccc4)c(F)c3F)cc2)c(F)c1. The van der Waals surface area contributed by atoms with Gasteiger partial charge in [0.2, 0.25) is 0 Å². The smallest absolute Gasteiger partial charge is 0.167 e. The number of rotatable bonds is 4. The monoisotopic (exact) mass is 400 g/mol. The van der Waals surface area contributed by atoms with Crippen LogP contribution in [0.15, 0.2) is 84.9 Å². The molecule has 0 radical (unpaired) electrons. The lowest BCUT2D eigenvalue weighted by Gasteiger charge is -2.09. The molecule has 0 bridgehead atoms. The van der Waals surface area contributed by atoms with E-state index in [0.717, 1.165) is 11.1 Å². The van der Waals surface area contributed by atoms with Gasteiger partial charge in [-0.3, -0.25) is 0 Å². The molecule has 4 aromatic carbocycles. The molecule has 0 aliphatic heterocycles. The van der Waals surface area contributed by atoms with Crippen LogP contribution in [0.1, 0.15) is 16.7 Å². The number of hydrogen-bond acceptors (Lipinski definition) is 0. The van der Waals surface area contributed by atoms with Gasteiger partial charge in [-0.1, -0.05) is 91.0 Å². The summed E-state index contributed by atoms with van der Waals surface area (Å²) in [4.78, 5) is 0. The zero-order valence-electron chi connectivity index (χ0n) is 16.4. The van der Waals surface area contributed by atoms with E-state index in [2.05, 4.69) is 0 Å². The average molecular weight is 400 g/mol. The molecule has 0 saturated carbocycles. The maximum absolute atomic E-state index is 14.7. The molecule has 0 aliphatic carbocycles. The summed E-state index contributed by atoms with van der Waals surface area (Å²) in [7, 11) is 0. The molecule has 148 valence electrons. The molecule has 30 heavy (non-hydrogen) atoms. The van der Waals surface area contributed by atoms with E-state index in [9.17, 15) is 13.2 Å². The fourth-order valence-corrected chi connectivity index (χ4v) is 3.34. The van der Waals surface area contributed by atoms with E-state index in [1.807, 2.05) is 19.1 Å². The van der Waals surface area contributed by atoms with Gasteiger partial charge in [-0.2, -0.15) is 0 Å². The maximum atomic E-state index is 14.7. The second kappa shape index (κ2) is 8.42. The largest absolute Gasteiger partial charge is 0.206 e. The molecule has 0 N–H and O–H groups in total. The van der Waals surface area contributed by atoms with Gasteiger partial charge in [0.15, 0.2) is 11.6 Å². The summed E-state index contributed by atoms with van der Waals surface area (Å²) in [5, 5.41) is 0. The summed E-state index contributed by atoms with van der Waals surface area (Å²) in [6.45, 7) is 1.84. The van der Waals surface area contributed by atoms with Crippen molar-refractivity contribution in [1.82, 2.24) is 0 Å². The standard InChI is InChI=1S/C27H19F3/c1-18-7-11-22(25(28)17-18)14-10-19-8-12-21(13-9-19)24-16-15-23(26(29)27(24)30)20-5-3-2-4-6-20/h2-17H,1H3. The molecule has 3 heteroatoms. The first-order valence-electron chi connectivity index (χ1n) is 9.61. The first-order valence-corrected chi connectivity index (χ1v) is 9.61. The van der Waals surface area contributed by atoms with Crippen LogP contribution in [0.25, 0.3) is 34.4 Å². The van der Waals surface area contributed by atoms with E-state index in [-0.39, 0.29) is 16.9 Å². The minimum atomic E-state index is -0.874. The topological polar surface area (TPSA) is 0 Å². The molecule has 4 aromatic rings. The highest BCUT2D eigenvalue weighted by atomic mass is 19.2. The van der Waals surface area contributed by atoms with Crippen LogP contribution in [0.3, 0.4) is 0 Å². The van der Waals surface area contributed by atoms with Crippen molar-refractivity contribution in [2.45, 2.75) is 6.92 Å². The van der Waals surface area contributed by atoms with Crippen LogP contribution < -0.4 is 0 Å². The number of benzene rings is 4. The molecule has 0 nitrogen and oxygen atoms in total. The van der Waals surface area contributed by atoms with Gasteiger partial charge in [-0.15, -0.1) is 0 Å². The summed E-state index contributed by atoms with van der Waals surface area (Å²) in [6.07, 6.45) is 3.48. The molecule has 0 unspecified atom stereocenters. The highest BCUT2D eigenvalue weighted by molar-refractivity contribution is 5.74. The van der Waals surface area contributed by atoms with E-state index in [1.54, 1.807) is 78.9 Å². The molecule has 0 aromatic heterocycles. The van der Waals surface area contributed by atoms with Gasteiger partial charge in [-0.05, 0) is 35.2 Å². The Hall–Kier alpha value is -3.59.